The number of aromatic nitrogens is 2. The number of nitrogens with one attached hydrogen (secondary N) is 1. The Morgan fingerprint density at radius 3 is 2.89 bits per heavy atom. The molecule has 5 nitrogen and oxygen atoms in total. The van der Waals surface area contributed by atoms with Crippen molar-refractivity contribution in [3.63, 3.8) is 0 Å². The van der Waals surface area contributed by atoms with Crippen LogP contribution >= 0.6 is 0 Å². The number of hydrogen-bond donors (Lipinski definition) is 1. The van der Waals surface area contributed by atoms with E-state index in [1.807, 2.05) is 6.20 Å². The van der Waals surface area contributed by atoms with Crippen LogP contribution in [0.25, 0.3) is 0 Å². The van der Waals surface area contributed by atoms with Crippen molar-refractivity contribution >= 4 is 0 Å². The van der Waals surface area contributed by atoms with Crippen LogP contribution in [0.1, 0.15) is 37.3 Å². The van der Waals surface area contributed by atoms with Gasteiger partial charge in [0.05, 0.1) is 24.1 Å². The molecule has 19 heavy (non-hydrogen) atoms. The second-order valence-corrected chi connectivity index (χ2v) is 5.79. The lowest BCUT2D eigenvalue weighted by Gasteiger charge is -2.36. The van der Waals surface area contributed by atoms with Crippen LogP contribution in [0.4, 0.5) is 0 Å². The summed E-state index contributed by atoms with van der Waals surface area (Å²) in [6.45, 7) is 3.34. The fourth-order valence-corrected chi connectivity index (χ4v) is 3.19. The van der Waals surface area contributed by atoms with E-state index >= 15 is 0 Å². The number of fused-ring (bicyclic) bond motifs is 1. The Kier molecular flexibility index (Phi) is 2.89. The molecule has 1 aromatic rings. The van der Waals surface area contributed by atoms with Gasteiger partial charge in [-0.05, 0) is 32.2 Å². The van der Waals surface area contributed by atoms with Crippen molar-refractivity contribution in [1.29, 1.82) is 0 Å². The number of hydrogen-bond acceptors (Lipinski definition) is 5. The minimum atomic E-state index is 0.0670. The molecular formula is C14H20N4O. The molecule has 4 rings (SSSR count). The molecule has 102 valence electrons. The maximum absolute atomic E-state index is 6.00. The molecule has 3 fully saturated rings. The molecule has 2 atom stereocenters. The summed E-state index contributed by atoms with van der Waals surface area (Å²) >= 11 is 0. The topological polar surface area (TPSA) is 50.3 Å². The second-order valence-electron chi connectivity index (χ2n) is 5.79. The van der Waals surface area contributed by atoms with Gasteiger partial charge in [0.15, 0.2) is 6.23 Å². The van der Waals surface area contributed by atoms with E-state index in [1.165, 1.54) is 32.2 Å². The molecule has 2 aliphatic heterocycles. The molecule has 1 aromatic heterocycles. The predicted molar refractivity (Wildman–Crippen MR) is 71.0 cm³/mol. The number of rotatable bonds is 3. The van der Waals surface area contributed by atoms with Crippen LogP contribution in [0.2, 0.25) is 0 Å². The van der Waals surface area contributed by atoms with Crippen LogP contribution in [0, 0.1) is 0 Å². The molecule has 0 amide bonds. The van der Waals surface area contributed by atoms with Gasteiger partial charge in [-0.15, -0.1) is 0 Å². The first-order chi connectivity index (χ1) is 9.40. The first-order valence-electron chi connectivity index (χ1n) is 7.36. The fourth-order valence-electron chi connectivity index (χ4n) is 3.19. The molecule has 1 saturated carbocycles. The van der Waals surface area contributed by atoms with Crippen LogP contribution < -0.4 is 10.1 Å². The van der Waals surface area contributed by atoms with Crippen molar-refractivity contribution in [3.05, 3.63) is 18.1 Å². The lowest BCUT2D eigenvalue weighted by molar-refractivity contribution is 0.0335. The zero-order valence-corrected chi connectivity index (χ0v) is 11.1. The molecule has 2 unspecified atom stereocenters. The van der Waals surface area contributed by atoms with Crippen molar-refractivity contribution in [2.75, 3.05) is 19.6 Å². The van der Waals surface area contributed by atoms with E-state index in [9.17, 15) is 0 Å². The van der Waals surface area contributed by atoms with Crippen molar-refractivity contribution < 1.29 is 4.74 Å². The Balaban J connectivity index is 1.44. The predicted octanol–water partition coefficient (Wildman–Crippen LogP) is 1.13. The fraction of sp³-hybridized carbons (Fsp3) is 0.714. The molecule has 2 saturated heterocycles. The normalized spacial score (nSPS) is 31.2. The average Bonchev–Trinajstić information content (AvgIpc) is 3.17. The molecule has 0 spiro atoms. The minimum absolute atomic E-state index is 0.0670. The Bertz CT molecular complexity index is 445. The lowest BCUT2D eigenvalue weighted by atomic mass is 10.1. The summed E-state index contributed by atoms with van der Waals surface area (Å²) in [6.07, 6.45) is 8.74. The summed E-state index contributed by atoms with van der Waals surface area (Å²) in [4.78, 5) is 11.4. The third-order valence-corrected chi connectivity index (χ3v) is 4.40. The van der Waals surface area contributed by atoms with Crippen LogP contribution in [-0.2, 0) is 0 Å². The first-order valence-corrected chi connectivity index (χ1v) is 7.36. The van der Waals surface area contributed by atoms with Crippen molar-refractivity contribution in [2.45, 2.75) is 43.9 Å². The van der Waals surface area contributed by atoms with Crippen molar-refractivity contribution in [3.8, 4) is 5.88 Å². The van der Waals surface area contributed by atoms with Gasteiger partial charge in [-0.2, -0.15) is 0 Å². The van der Waals surface area contributed by atoms with Crippen molar-refractivity contribution in [1.82, 2.24) is 20.2 Å². The van der Waals surface area contributed by atoms with Gasteiger partial charge in [-0.1, -0.05) is 0 Å². The van der Waals surface area contributed by atoms with E-state index in [-0.39, 0.29) is 6.23 Å². The Labute approximate surface area is 113 Å². The maximum Gasteiger partial charge on any atom is 0.233 e. The minimum Gasteiger partial charge on any atom is -0.456 e. The molecule has 3 heterocycles. The van der Waals surface area contributed by atoms with E-state index in [1.54, 1.807) is 6.20 Å². The number of piperazine rings is 1. The SMILES string of the molecule is c1nc(C2CC2)cnc1OC1NCCN2CCCC12. The van der Waals surface area contributed by atoms with Gasteiger partial charge in [0.2, 0.25) is 5.88 Å². The zero-order valence-electron chi connectivity index (χ0n) is 11.1. The summed E-state index contributed by atoms with van der Waals surface area (Å²) < 4.78 is 6.00. The second kappa shape index (κ2) is 4.72. The highest BCUT2D eigenvalue weighted by molar-refractivity contribution is 5.15. The largest absolute Gasteiger partial charge is 0.456 e. The van der Waals surface area contributed by atoms with Crippen LogP contribution in [0.3, 0.4) is 0 Å². The smallest absolute Gasteiger partial charge is 0.233 e. The van der Waals surface area contributed by atoms with E-state index in [2.05, 4.69) is 20.2 Å². The van der Waals surface area contributed by atoms with Gasteiger partial charge in [0.1, 0.15) is 0 Å². The summed E-state index contributed by atoms with van der Waals surface area (Å²) in [5.74, 6) is 1.30. The standard InChI is InChI=1S/C14H20N4O/c1-2-12-14(15-5-7-18(12)6-1)19-13-9-16-11(8-17-13)10-3-4-10/h8-10,12,14-15H,1-7H2. The quantitative estimate of drug-likeness (QED) is 0.883. The summed E-state index contributed by atoms with van der Waals surface area (Å²) in [5.41, 5.74) is 1.12. The van der Waals surface area contributed by atoms with E-state index in [0.29, 0.717) is 17.8 Å². The van der Waals surface area contributed by atoms with Crippen molar-refractivity contribution in [2.24, 2.45) is 0 Å². The number of ether oxygens (including phenoxy) is 1. The molecular weight excluding hydrogens is 240 g/mol. The monoisotopic (exact) mass is 260 g/mol. The molecule has 0 radical (unpaired) electrons. The first kappa shape index (κ1) is 11.6. The highest BCUT2D eigenvalue weighted by Gasteiger charge is 2.36. The summed E-state index contributed by atoms with van der Waals surface area (Å²) in [7, 11) is 0. The average molecular weight is 260 g/mol. The van der Waals surface area contributed by atoms with Gasteiger partial charge in [-0.25, -0.2) is 4.98 Å². The molecule has 5 heteroatoms. The molecule has 1 N–H and O–H groups in total. The summed E-state index contributed by atoms with van der Waals surface area (Å²) in [5, 5.41) is 3.46. The third-order valence-electron chi connectivity index (χ3n) is 4.40. The zero-order chi connectivity index (χ0) is 12.7. The van der Waals surface area contributed by atoms with E-state index in [4.69, 9.17) is 4.74 Å². The van der Waals surface area contributed by atoms with Crippen LogP contribution in [-0.4, -0.2) is 46.8 Å². The Hall–Kier alpha value is -1.20. The van der Waals surface area contributed by atoms with Gasteiger partial charge >= 0.3 is 0 Å². The molecule has 3 aliphatic rings. The van der Waals surface area contributed by atoms with Gasteiger partial charge < -0.3 is 4.74 Å². The van der Waals surface area contributed by atoms with Crippen LogP contribution in [0.5, 0.6) is 5.88 Å². The Morgan fingerprint density at radius 1 is 1.16 bits per heavy atom. The summed E-state index contributed by atoms with van der Waals surface area (Å²) in [6, 6.07) is 0.499. The van der Waals surface area contributed by atoms with E-state index < -0.39 is 0 Å². The number of nitrogens with zero attached hydrogens (tertiary/aromatic N) is 3. The van der Waals surface area contributed by atoms with Crippen LogP contribution in [0.15, 0.2) is 12.4 Å². The highest BCUT2D eigenvalue weighted by Crippen LogP contribution is 2.38. The van der Waals surface area contributed by atoms with Gasteiger partial charge in [0, 0.05) is 19.0 Å². The van der Waals surface area contributed by atoms with E-state index in [0.717, 1.165) is 18.8 Å². The third kappa shape index (κ3) is 2.32. The lowest BCUT2D eigenvalue weighted by Crippen LogP contribution is -2.57. The Morgan fingerprint density at radius 2 is 2.11 bits per heavy atom. The maximum atomic E-state index is 6.00. The highest BCUT2D eigenvalue weighted by atomic mass is 16.5. The molecule has 0 bridgehead atoms. The molecule has 0 aromatic carbocycles. The van der Waals surface area contributed by atoms with Gasteiger partial charge in [-0.3, -0.25) is 15.2 Å². The molecule has 1 aliphatic carbocycles. The van der Waals surface area contributed by atoms with Gasteiger partial charge in [0.25, 0.3) is 0 Å².